The van der Waals surface area contributed by atoms with Crippen LogP contribution < -0.4 is 4.74 Å². The Morgan fingerprint density at radius 3 is 2.17 bits per heavy atom. The van der Waals surface area contributed by atoms with Crippen LogP contribution in [0.1, 0.15) is 10.4 Å². The molecule has 0 saturated carbocycles. The standard InChI is InChI=1S/C13H7Br2FO2/c14-11-5-9(2-1-8(11)7-17)18-10-3-4-13(16)12(15)6-10/h1-7H. The molecule has 0 amide bonds. The van der Waals surface area contributed by atoms with Crippen LogP contribution in [0, 0.1) is 5.82 Å². The molecule has 0 radical (unpaired) electrons. The number of hydrogen-bond acceptors (Lipinski definition) is 2. The molecule has 0 atom stereocenters. The van der Waals surface area contributed by atoms with Crippen LogP contribution >= 0.6 is 31.9 Å². The summed E-state index contributed by atoms with van der Waals surface area (Å²) in [6.45, 7) is 0. The molecule has 0 saturated heterocycles. The molecule has 2 aromatic carbocycles. The average molecular weight is 374 g/mol. The molecule has 5 heteroatoms. The van der Waals surface area contributed by atoms with E-state index >= 15 is 0 Å². The molecule has 0 spiro atoms. The van der Waals surface area contributed by atoms with Crippen LogP contribution in [-0.2, 0) is 0 Å². The molecule has 0 aromatic heterocycles. The number of rotatable bonds is 3. The molecule has 0 aliphatic carbocycles. The molecule has 0 unspecified atom stereocenters. The summed E-state index contributed by atoms with van der Waals surface area (Å²) < 4.78 is 19.6. The Bertz CT molecular complexity index is 600. The van der Waals surface area contributed by atoms with E-state index in [1.807, 2.05) is 0 Å². The van der Waals surface area contributed by atoms with Gasteiger partial charge in [0.2, 0.25) is 0 Å². The van der Waals surface area contributed by atoms with E-state index in [2.05, 4.69) is 31.9 Å². The normalized spacial score (nSPS) is 10.2. The molecule has 0 heterocycles. The molecule has 0 aliphatic rings. The van der Waals surface area contributed by atoms with E-state index in [-0.39, 0.29) is 5.82 Å². The van der Waals surface area contributed by atoms with Gasteiger partial charge in [-0.1, -0.05) is 0 Å². The van der Waals surface area contributed by atoms with Crippen molar-refractivity contribution in [3.05, 3.63) is 56.7 Å². The predicted octanol–water partition coefficient (Wildman–Crippen LogP) is 4.96. The van der Waals surface area contributed by atoms with Crippen molar-refractivity contribution < 1.29 is 13.9 Å². The number of ether oxygens (including phenoxy) is 1. The van der Waals surface area contributed by atoms with Gasteiger partial charge in [-0.05, 0) is 68.3 Å². The summed E-state index contributed by atoms with van der Waals surface area (Å²) in [6.07, 6.45) is 0.752. The zero-order chi connectivity index (χ0) is 13.1. The van der Waals surface area contributed by atoms with Gasteiger partial charge in [0.05, 0.1) is 4.47 Å². The molecule has 0 fully saturated rings. The molecule has 0 bridgehead atoms. The van der Waals surface area contributed by atoms with E-state index < -0.39 is 0 Å². The van der Waals surface area contributed by atoms with Crippen molar-refractivity contribution in [1.29, 1.82) is 0 Å². The lowest BCUT2D eigenvalue weighted by Gasteiger charge is -2.07. The van der Waals surface area contributed by atoms with E-state index in [0.717, 1.165) is 6.29 Å². The molecule has 92 valence electrons. The lowest BCUT2D eigenvalue weighted by Crippen LogP contribution is -1.88. The Kier molecular flexibility index (Phi) is 4.14. The maximum Gasteiger partial charge on any atom is 0.151 e. The van der Waals surface area contributed by atoms with Gasteiger partial charge in [-0.15, -0.1) is 0 Å². The fraction of sp³-hybridized carbons (Fsp3) is 0. The van der Waals surface area contributed by atoms with Crippen molar-refractivity contribution in [3.8, 4) is 11.5 Å². The zero-order valence-corrected chi connectivity index (χ0v) is 12.2. The Hall–Kier alpha value is -1.20. The summed E-state index contributed by atoms with van der Waals surface area (Å²) in [5.41, 5.74) is 0.544. The molecule has 18 heavy (non-hydrogen) atoms. The van der Waals surface area contributed by atoms with Gasteiger partial charge in [0.25, 0.3) is 0 Å². The highest BCUT2D eigenvalue weighted by molar-refractivity contribution is 9.10. The minimum absolute atomic E-state index is 0.337. The van der Waals surface area contributed by atoms with E-state index in [4.69, 9.17) is 4.74 Å². The van der Waals surface area contributed by atoms with Crippen molar-refractivity contribution in [2.75, 3.05) is 0 Å². The first-order valence-corrected chi connectivity index (χ1v) is 6.56. The third kappa shape index (κ3) is 2.97. The van der Waals surface area contributed by atoms with Crippen LogP contribution in [0.4, 0.5) is 4.39 Å². The summed E-state index contributed by atoms with van der Waals surface area (Å²) in [5.74, 6) is 0.722. The van der Waals surface area contributed by atoms with Gasteiger partial charge in [-0.25, -0.2) is 4.39 Å². The van der Waals surface area contributed by atoms with Crippen LogP contribution in [0.3, 0.4) is 0 Å². The highest BCUT2D eigenvalue weighted by Gasteiger charge is 2.05. The Labute approximate surface area is 120 Å². The second-order valence-electron chi connectivity index (χ2n) is 3.48. The maximum absolute atomic E-state index is 13.1. The van der Waals surface area contributed by atoms with E-state index in [0.29, 0.717) is 26.0 Å². The third-order valence-corrected chi connectivity index (χ3v) is 3.52. The van der Waals surface area contributed by atoms with Gasteiger partial charge >= 0.3 is 0 Å². The number of carbonyl (C=O) groups is 1. The Balaban J connectivity index is 2.25. The largest absolute Gasteiger partial charge is 0.457 e. The average Bonchev–Trinajstić information content (AvgIpc) is 2.34. The maximum atomic E-state index is 13.1. The van der Waals surface area contributed by atoms with Crippen molar-refractivity contribution in [2.24, 2.45) is 0 Å². The topological polar surface area (TPSA) is 26.3 Å². The molecule has 2 aromatic rings. The van der Waals surface area contributed by atoms with E-state index in [9.17, 15) is 9.18 Å². The minimum atomic E-state index is -0.347. The van der Waals surface area contributed by atoms with Crippen molar-refractivity contribution in [2.45, 2.75) is 0 Å². The second-order valence-corrected chi connectivity index (χ2v) is 5.19. The van der Waals surface area contributed by atoms with Gasteiger partial charge in [0.15, 0.2) is 6.29 Å². The zero-order valence-electron chi connectivity index (χ0n) is 8.99. The quantitative estimate of drug-likeness (QED) is 0.711. The van der Waals surface area contributed by atoms with Gasteiger partial charge in [0.1, 0.15) is 17.3 Å². The number of aldehydes is 1. The first-order chi connectivity index (χ1) is 8.60. The van der Waals surface area contributed by atoms with Crippen molar-refractivity contribution in [1.82, 2.24) is 0 Å². The first-order valence-electron chi connectivity index (χ1n) is 4.98. The molecule has 0 aliphatic heterocycles. The van der Waals surface area contributed by atoms with Gasteiger partial charge in [0, 0.05) is 10.0 Å². The van der Waals surface area contributed by atoms with Crippen molar-refractivity contribution in [3.63, 3.8) is 0 Å². The summed E-state index contributed by atoms with van der Waals surface area (Å²) in [6, 6.07) is 9.38. The number of halogens is 3. The van der Waals surface area contributed by atoms with Crippen LogP contribution in [0.15, 0.2) is 45.3 Å². The van der Waals surface area contributed by atoms with E-state index in [1.54, 1.807) is 18.2 Å². The second kappa shape index (κ2) is 5.63. The molecule has 0 N–H and O–H groups in total. The molecule has 2 nitrogen and oxygen atoms in total. The van der Waals surface area contributed by atoms with Crippen LogP contribution in [0.5, 0.6) is 11.5 Å². The summed E-state index contributed by atoms with van der Waals surface area (Å²) in [4.78, 5) is 10.7. The number of carbonyl (C=O) groups excluding carboxylic acids is 1. The van der Waals surface area contributed by atoms with E-state index in [1.165, 1.54) is 18.2 Å². The summed E-state index contributed by atoms with van der Waals surface area (Å²) in [5, 5.41) is 0. The predicted molar refractivity (Wildman–Crippen MR) is 73.7 cm³/mol. The minimum Gasteiger partial charge on any atom is -0.457 e. The van der Waals surface area contributed by atoms with Gasteiger partial charge in [-0.2, -0.15) is 0 Å². The Morgan fingerprint density at radius 2 is 1.61 bits per heavy atom. The first kappa shape index (κ1) is 13.2. The van der Waals surface area contributed by atoms with Gasteiger partial charge in [-0.3, -0.25) is 4.79 Å². The monoisotopic (exact) mass is 372 g/mol. The van der Waals surface area contributed by atoms with Crippen LogP contribution in [0.25, 0.3) is 0 Å². The Morgan fingerprint density at radius 1 is 1.00 bits per heavy atom. The highest BCUT2D eigenvalue weighted by Crippen LogP contribution is 2.29. The lowest BCUT2D eigenvalue weighted by atomic mass is 10.2. The molecular weight excluding hydrogens is 367 g/mol. The van der Waals surface area contributed by atoms with Crippen LogP contribution in [-0.4, -0.2) is 6.29 Å². The fourth-order valence-corrected chi connectivity index (χ4v) is 2.15. The SMILES string of the molecule is O=Cc1ccc(Oc2ccc(F)c(Br)c2)cc1Br. The third-order valence-electron chi connectivity index (χ3n) is 2.23. The van der Waals surface area contributed by atoms with Crippen molar-refractivity contribution >= 4 is 38.1 Å². The fourth-order valence-electron chi connectivity index (χ4n) is 1.34. The summed E-state index contributed by atoms with van der Waals surface area (Å²) in [7, 11) is 0. The lowest BCUT2D eigenvalue weighted by molar-refractivity contribution is 0.112. The highest BCUT2D eigenvalue weighted by atomic mass is 79.9. The summed E-state index contributed by atoms with van der Waals surface area (Å²) >= 11 is 6.35. The van der Waals surface area contributed by atoms with Gasteiger partial charge < -0.3 is 4.74 Å². The molecular formula is C13H7Br2FO2. The smallest absolute Gasteiger partial charge is 0.151 e. The number of hydrogen-bond donors (Lipinski definition) is 0. The molecule has 2 rings (SSSR count). The number of benzene rings is 2. The van der Waals surface area contributed by atoms with Crippen LogP contribution in [0.2, 0.25) is 0 Å².